The molecule has 0 saturated heterocycles. The number of halogens is 1. The van der Waals surface area contributed by atoms with Gasteiger partial charge in [0.1, 0.15) is 5.60 Å². The molecule has 1 aromatic carbocycles. The highest BCUT2D eigenvalue weighted by Crippen LogP contribution is 2.41. The highest BCUT2D eigenvalue weighted by Gasteiger charge is 2.50. The van der Waals surface area contributed by atoms with E-state index >= 15 is 0 Å². The van der Waals surface area contributed by atoms with Crippen LogP contribution < -0.4 is 0 Å². The van der Waals surface area contributed by atoms with Crippen molar-refractivity contribution in [3.63, 3.8) is 0 Å². The molecule has 0 fully saturated rings. The molecule has 1 N–H and O–H groups in total. The molecular formula is C13H17ClO3. The first kappa shape index (κ1) is 14.0. The zero-order chi connectivity index (χ0) is 13.1. The Balaban J connectivity index is 3.26. The normalized spacial score (nSPS) is 15.1. The molecule has 0 amide bonds. The molecule has 4 heteroatoms. The summed E-state index contributed by atoms with van der Waals surface area (Å²) in [5.41, 5.74) is -1.97. The minimum Gasteiger partial charge on any atom is -0.469 e. The van der Waals surface area contributed by atoms with Gasteiger partial charge in [0.25, 0.3) is 0 Å². The summed E-state index contributed by atoms with van der Waals surface area (Å²) in [7, 11) is 1.30. The largest absolute Gasteiger partial charge is 0.469 e. The van der Waals surface area contributed by atoms with Crippen molar-refractivity contribution in [3.8, 4) is 0 Å². The van der Waals surface area contributed by atoms with Crippen LogP contribution in [0.3, 0.4) is 0 Å². The summed E-state index contributed by atoms with van der Waals surface area (Å²) in [5, 5.41) is 10.7. The number of carbonyl (C=O) groups is 1. The topological polar surface area (TPSA) is 46.5 Å². The maximum absolute atomic E-state index is 11.8. The van der Waals surface area contributed by atoms with Crippen LogP contribution in [-0.4, -0.2) is 24.1 Å². The van der Waals surface area contributed by atoms with E-state index in [0.29, 0.717) is 5.56 Å². The van der Waals surface area contributed by atoms with E-state index in [1.54, 1.807) is 38.1 Å². The van der Waals surface area contributed by atoms with Gasteiger partial charge in [0.05, 0.1) is 18.4 Å². The predicted molar refractivity (Wildman–Crippen MR) is 66.9 cm³/mol. The first-order chi connectivity index (χ1) is 7.90. The van der Waals surface area contributed by atoms with Crippen LogP contribution in [0.15, 0.2) is 30.3 Å². The summed E-state index contributed by atoms with van der Waals surface area (Å²) in [6.07, 6.45) is 0. The molecule has 1 atom stereocenters. The molecule has 17 heavy (non-hydrogen) atoms. The van der Waals surface area contributed by atoms with Gasteiger partial charge in [-0.1, -0.05) is 30.3 Å². The second-order valence-corrected chi connectivity index (χ2v) is 4.74. The second kappa shape index (κ2) is 5.07. The monoisotopic (exact) mass is 256 g/mol. The number of carbonyl (C=O) groups excluding carboxylic acids is 1. The minimum absolute atomic E-state index is 0.0842. The van der Waals surface area contributed by atoms with Crippen LogP contribution in [0, 0.1) is 5.41 Å². The third-order valence-corrected chi connectivity index (χ3v) is 3.56. The third-order valence-electron chi connectivity index (χ3n) is 3.17. The molecule has 0 spiro atoms. The summed E-state index contributed by atoms with van der Waals surface area (Å²) in [4.78, 5) is 11.8. The van der Waals surface area contributed by atoms with E-state index in [1.807, 2.05) is 6.07 Å². The lowest BCUT2D eigenvalue weighted by Gasteiger charge is -2.39. The molecule has 94 valence electrons. The lowest BCUT2D eigenvalue weighted by Crippen LogP contribution is -2.49. The van der Waals surface area contributed by atoms with Gasteiger partial charge >= 0.3 is 5.97 Å². The van der Waals surface area contributed by atoms with Crippen molar-refractivity contribution in [2.24, 2.45) is 5.41 Å². The van der Waals surface area contributed by atoms with E-state index in [-0.39, 0.29) is 5.88 Å². The number of benzene rings is 1. The van der Waals surface area contributed by atoms with E-state index in [0.717, 1.165) is 0 Å². The Kier molecular flexibility index (Phi) is 4.17. The molecule has 0 heterocycles. The number of esters is 1. The van der Waals surface area contributed by atoms with Crippen molar-refractivity contribution >= 4 is 17.6 Å². The van der Waals surface area contributed by atoms with Gasteiger partial charge in [-0.25, -0.2) is 0 Å². The van der Waals surface area contributed by atoms with Crippen LogP contribution in [0.5, 0.6) is 0 Å². The van der Waals surface area contributed by atoms with Crippen molar-refractivity contribution in [2.45, 2.75) is 19.4 Å². The number of rotatable bonds is 4. The number of hydrogen-bond donors (Lipinski definition) is 1. The van der Waals surface area contributed by atoms with Crippen LogP contribution in [0.4, 0.5) is 0 Å². The Hall–Kier alpha value is -1.06. The van der Waals surface area contributed by atoms with Crippen molar-refractivity contribution in [3.05, 3.63) is 35.9 Å². The minimum atomic E-state index is -1.46. The van der Waals surface area contributed by atoms with Crippen LogP contribution in [-0.2, 0) is 15.1 Å². The molecular weight excluding hydrogens is 240 g/mol. The fraction of sp³-hybridized carbons (Fsp3) is 0.462. The summed E-state index contributed by atoms with van der Waals surface area (Å²) >= 11 is 5.87. The van der Waals surface area contributed by atoms with Crippen molar-refractivity contribution < 1.29 is 14.6 Å². The van der Waals surface area contributed by atoms with E-state index in [9.17, 15) is 9.90 Å². The predicted octanol–water partition coefficient (Wildman–Crippen LogP) is 2.31. The van der Waals surface area contributed by atoms with E-state index in [4.69, 9.17) is 16.3 Å². The van der Waals surface area contributed by atoms with Gasteiger partial charge in [0.15, 0.2) is 0 Å². The molecule has 0 aliphatic rings. The van der Waals surface area contributed by atoms with Gasteiger partial charge in [0, 0.05) is 0 Å². The molecule has 1 unspecified atom stereocenters. The highest BCUT2D eigenvalue weighted by molar-refractivity contribution is 6.18. The lowest BCUT2D eigenvalue weighted by molar-refractivity contribution is -0.167. The van der Waals surface area contributed by atoms with Crippen molar-refractivity contribution in [1.29, 1.82) is 0 Å². The fourth-order valence-electron chi connectivity index (χ4n) is 1.74. The molecule has 0 radical (unpaired) electrons. The SMILES string of the molecule is COC(=O)C(C)(C)C(O)(CCl)c1ccccc1. The van der Waals surface area contributed by atoms with Crippen LogP contribution >= 0.6 is 11.6 Å². The van der Waals surface area contributed by atoms with E-state index in [2.05, 4.69) is 0 Å². The van der Waals surface area contributed by atoms with Gasteiger partial charge in [-0.05, 0) is 19.4 Å². The Bertz CT molecular complexity index is 389. The van der Waals surface area contributed by atoms with Crippen LogP contribution in [0.25, 0.3) is 0 Å². The van der Waals surface area contributed by atoms with Crippen LogP contribution in [0.1, 0.15) is 19.4 Å². The summed E-state index contributed by atoms with van der Waals surface area (Å²) in [6.45, 7) is 3.24. The molecule has 0 saturated carbocycles. The Morgan fingerprint density at radius 2 is 1.88 bits per heavy atom. The zero-order valence-corrected chi connectivity index (χ0v) is 11.0. The Morgan fingerprint density at radius 3 is 2.29 bits per heavy atom. The van der Waals surface area contributed by atoms with E-state index < -0.39 is 17.0 Å². The first-order valence-electron chi connectivity index (χ1n) is 5.32. The van der Waals surface area contributed by atoms with Crippen molar-refractivity contribution in [1.82, 2.24) is 0 Å². The molecule has 0 aliphatic heterocycles. The van der Waals surface area contributed by atoms with Gasteiger partial charge in [-0.2, -0.15) is 0 Å². The quantitative estimate of drug-likeness (QED) is 0.664. The molecule has 0 aromatic heterocycles. The average molecular weight is 257 g/mol. The fourth-order valence-corrected chi connectivity index (χ4v) is 2.23. The van der Waals surface area contributed by atoms with Gasteiger partial charge in [-0.15, -0.1) is 11.6 Å². The average Bonchev–Trinajstić information content (AvgIpc) is 2.37. The molecule has 3 nitrogen and oxygen atoms in total. The number of hydrogen-bond acceptors (Lipinski definition) is 3. The summed E-state index contributed by atoms with van der Waals surface area (Å²) < 4.78 is 4.73. The molecule has 1 rings (SSSR count). The summed E-state index contributed by atoms with van der Waals surface area (Å²) in [6, 6.07) is 8.91. The van der Waals surface area contributed by atoms with Gasteiger partial charge in [0.2, 0.25) is 0 Å². The maximum atomic E-state index is 11.8. The number of methoxy groups -OCH3 is 1. The Labute approximate surface area is 106 Å². The van der Waals surface area contributed by atoms with Gasteiger partial charge < -0.3 is 9.84 Å². The maximum Gasteiger partial charge on any atom is 0.314 e. The first-order valence-corrected chi connectivity index (χ1v) is 5.86. The van der Waals surface area contributed by atoms with E-state index in [1.165, 1.54) is 7.11 Å². The smallest absolute Gasteiger partial charge is 0.314 e. The second-order valence-electron chi connectivity index (χ2n) is 4.48. The zero-order valence-electron chi connectivity index (χ0n) is 10.2. The van der Waals surface area contributed by atoms with Crippen LogP contribution in [0.2, 0.25) is 0 Å². The molecule has 0 bridgehead atoms. The Morgan fingerprint density at radius 1 is 1.35 bits per heavy atom. The highest BCUT2D eigenvalue weighted by atomic mass is 35.5. The summed E-state index contributed by atoms with van der Waals surface area (Å²) in [5.74, 6) is -0.580. The third kappa shape index (κ3) is 2.31. The standard InChI is InChI=1S/C13H17ClO3/c1-12(2,11(15)17-3)13(16,9-14)10-7-5-4-6-8-10/h4-8,16H,9H2,1-3H3. The molecule has 1 aromatic rings. The number of alkyl halides is 1. The van der Waals surface area contributed by atoms with Gasteiger partial charge in [-0.3, -0.25) is 4.79 Å². The van der Waals surface area contributed by atoms with Crippen molar-refractivity contribution in [2.75, 3.05) is 13.0 Å². The molecule has 0 aliphatic carbocycles. The number of ether oxygens (including phenoxy) is 1. The lowest BCUT2D eigenvalue weighted by atomic mass is 9.72. The number of aliphatic hydroxyl groups is 1.